The average Bonchev–Trinajstić information content (AvgIpc) is 3.06. The number of aromatic nitrogens is 3. The molecule has 3 heterocycles. The number of hydrogen-bond acceptors (Lipinski definition) is 8. The summed E-state index contributed by atoms with van der Waals surface area (Å²) in [5.74, 6) is 1.58. The number of anilines is 3. The molecule has 3 rings (SSSR count). The molecule has 0 bridgehead atoms. The predicted octanol–water partition coefficient (Wildman–Crippen LogP) is -0.323. The van der Waals surface area contributed by atoms with Crippen molar-refractivity contribution in [2.75, 3.05) is 47.2 Å². The SMILES string of the molecule is CN(c1nc(N)nc(N2CCCC2)n1)C1CCS(=O)(=O)C1. The molecular formula is C12H20N6O2S. The second-order valence-corrected chi connectivity index (χ2v) is 7.88. The normalized spacial score (nSPS) is 24.4. The minimum absolute atomic E-state index is 0.0942. The van der Waals surface area contributed by atoms with Crippen molar-refractivity contribution in [3.63, 3.8) is 0 Å². The van der Waals surface area contributed by atoms with Gasteiger partial charge in [0.15, 0.2) is 9.84 Å². The van der Waals surface area contributed by atoms with E-state index in [1.807, 2.05) is 11.9 Å². The molecule has 2 N–H and O–H groups in total. The van der Waals surface area contributed by atoms with E-state index in [4.69, 9.17) is 5.73 Å². The molecule has 0 radical (unpaired) electrons. The van der Waals surface area contributed by atoms with E-state index in [1.165, 1.54) is 0 Å². The highest BCUT2D eigenvalue weighted by molar-refractivity contribution is 7.91. The van der Waals surface area contributed by atoms with E-state index in [0.717, 1.165) is 25.9 Å². The highest BCUT2D eigenvalue weighted by atomic mass is 32.2. The van der Waals surface area contributed by atoms with Crippen LogP contribution in [0.15, 0.2) is 0 Å². The summed E-state index contributed by atoms with van der Waals surface area (Å²) in [6.07, 6.45) is 2.85. The Morgan fingerprint density at radius 1 is 1.24 bits per heavy atom. The van der Waals surface area contributed by atoms with Gasteiger partial charge in [0.1, 0.15) is 0 Å². The Labute approximate surface area is 124 Å². The van der Waals surface area contributed by atoms with Crippen LogP contribution in [-0.2, 0) is 9.84 Å². The molecule has 1 unspecified atom stereocenters. The third-order valence-electron chi connectivity index (χ3n) is 4.09. The molecule has 0 spiro atoms. The van der Waals surface area contributed by atoms with Crippen LogP contribution in [-0.4, -0.2) is 61.1 Å². The fourth-order valence-electron chi connectivity index (χ4n) is 2.83. The fraction of sp³-hybridized carbons (Fsp3) is 0.750. The highest BCUT2D eigenvalue weighted by Crippen LogP contribution is 2.23. The van der Waals surface area contributed by atoms with Crippen LogP contribution >= 0.6 is 0 Å². The van der Waals surface area contributed by atoms with Crippen molar-refractivity contribution in [3.8, 4) is 0 Å². The summed E-state index contributed by atoms with van der Waals surface area (Å²) in [7, 11) is -1.13. The Morgan fingerprint density at radius 3 is 2.57 bits per heavy atom. The van der Waals surface area contributed by atoms with Gasteiger partial charge in [0.25, 0.3) is 0 Å². The van der Waals surface area contributed by atoms with Gasteiger partial charge in [-0.2, -0.15) is 15.0 Å². The molecule has 1 aromatic rings. The lowest BCUT2D eigenvalue weighted by Crippen LogP contribution is -2.34. The molecule has 0 aromatic carbocycles. The zero-order valence-electron chi connectivity index (χ0n) is 12.1. The van der Waals surface area contributed by atoms with Crippen LogP contribution in [0.2, 0.25) is 0 Å². The molecule has 8 nitrogen and oxygen atoms in total. The lowest BCUT2D eigenvalue weighted by molar-refractivity contribution is 0.600. The number of nitrogen functional groups attached to an aromatic ring is 1. The average molecular weight is 312 g/mol. The van der Waals surface area contributed by atoms with Crippen LogP contribution in [0.25, 0.3) is 0 Å². The molecule has 0 aliphatic carbocycles. The minimum Gasteiger partial charge on any atom is -0.368 e. The van der Waals surface area contributed by atoms with Crippen molar-refractivity contribution in [1.29, 1.82) is 0 Å². The largest absolute Gasteiger partial charge is 0.368 e. The topological polar surface area (TPSA) is 105 Å². The molecule has 2 aliphatic heterocycles. The molecule has 0 saturated carbocycles. The van der Waals surface area contributed by atoms with Gasteiger partial charge in [-0.3, -0.25) is 0 Å². The van der Waals surface area contributed by atoms with Gasteiger partial charge >= 0.3 is 0 Å². The monoisotopic (exact) mass is 312 g/mol. The van der Waals surface area contributed by atoms with E-state index in [2.05, 4.69) is 19.9 Å². The number of hydrogen-bond donors (Lipinski definition) is 1. The van der Waals surface area contributed by atoms with Gasteiger partial charge < -0.3 is 15.5 Å². The maximum absolute atomic E-state index is 11.6. The van der Waals surface area contributed by atoms with E-state index >= 15 is 0 Å². The first-order valence-electron chi connectivity index (χ1n) is 7.14. The molecule has 9 heteroatoms. The predicted molar refractivity (Wildman–Crippen MR) is 81.1 cm³/mol. The summed E-state index contributed by atoms with van der Waals surface area (Å²) < 4.78 is 23.2. The summed E-state index contributed by atoms with van der Waals surface area (Å²) in [6.45, 7) is 1.84. The zero-order valence-corrected chi connectivity index (χ0v) is 12.9. The Bertz CT molecular complexity index is 629. The van der Waals surface area contributed by atoms with Crippen LogP contribution in [0.3, 0.4) is 0 Å². The molecule has 2 aliphatic rings. The third kappa shape index (κ3) is 3.02. The number of sulfone groups is 1. The molecule has 0 amide bonds. The smallest absolute Gasteiger partial charge is 0.231 e. The van der Waals surface area contributed by atoms with Gasteiger partial charge in [-0.1, -0.05) is 0 Å². The number of rotatable bonds is 3. The molecule has 1 aromatic heterocycles. The molecule has 2 saturated heterocycles. The van der Waals surface area contributed by atoms with Crippen molar-refractivity contribution in [2.24, 2.45) is 0 Å². The van der Waals surface area contributed by atoms with Crippen molar-refractivity contribution in [2.45, 2.75) is 25.3 Å². The van der Waals surface area contributed by atoms with Crippen LogP contribution < -0.4 is 15.5 Å². The maximum atomic E-state index is 11.6. The van der Waals surface area contributed by atoms with Gasteiger partial charge in [0, 0.05) is 26.2 Å². The third-order valence-corrected chi connectivity index (χ3v) is 5.84. The van der Waals surface area contributed by atoms with E-state index in [1.54, 1.807) is 0 Å². The van der Waals surface area contributed by atoms with Crippen molar-refractivity contribution in [3.05, 3.63) is 0 Å². The van der Waals surface area contributed by atoms with E-state index in [9.17, 15) is 8.42 Å². The van der Waals surface area contributed by atoms with Gasteiger partial charge in [-0.25, -0.2) is 8.42 Å². The summed E-state index contributed by atoms with van der Waals surface area (Å²) in [5.41, 5.74) is 5.78. The summed E-state index contributed by atoms with van der Waals surface area (Å²) >= 11 is 0. The van der Waals surface area contributed by atoms with Crippen LogP contribution in [0, 0.1) is 0 Å². The summed E-state index contributed by atoms with van der Waals surface area (Å²) in [4.78, 5) is 16.7. The van der Waals surface area contributed by atoms with E-state index in [-0.39, 0.29) is 23.5 Å². The van der Waals surface area contributed by atoms with Gasteiger partial charge in [0.05, 0.1) is 11.5 Å². The lowest BCUT2D eigenvalue weighted by Gasteiger charge is -2.24. The Balaban J connectivity index is 1.84. The number of nitrogens with two attached hydrogens (primary N) is 1. The molecule has 21 heavy (non-hydrogen) atoms. The highest BCUT2D eigenvalue weighted by Gasteiger charge is 2.32. The van der Waals surface area contributed by atoms with E-state index < -0.39 is 9.84 Å². The van der Waals surface area contributed by atoms with Crippen LogP contribution in [0.1, 0.15) is 19.3 Å². The van der Waals surface area contributed by atoms with Crippen LogP contribution in [0.4, 0.5) is 17.8 Å². The Hall–Kier alpha value is -1.64. The first-order chi connectivity index (χ1) is 9.94. The minimum atomic E-state index is -2.94. The quantitative estimate of drug-likeness (QED) is 0.809. The standard InChI is InChI=1S/C12H20N6O2S/c1-17(9-4-7-21(19,20)8-9)11-14-10(13)15-12(16-11)18-5-2-3-6-18/h9H,2-8H2,1H3,(H2,13,14,15,16). The zero-order chi connectivity index (χ0) is 15.0. The van der Waals surface area contributed by atoms with E-state index in [0.29, 0.717) is 18.3 Å². The second-order valence-electron chi connectivity index (χ2n) is 5.66. The van der Waals surface area contributed by atoms with Crippen LogP contribution in [0.5, 0.6) is 0 Å². The molecule has 2 fully saturated rings. The Morgan fingerprint density at radius 2 is 1.95 bits per heavy atom. The summed E-state index contributed by atoms with van der Waals surface area (Å²) in [6, 6.07) is -0.0942. The molecule has 116 valence electrons. The number of nitrogens with zero attached hydrogens (tertiary/aromatic N) is 5. The van der Waals surface area contributed by atoms with Gasteiger partial charge in [0.2, 0.25) is 17.8 Å². The van der Waals surface area contributed by atoms with Crippen molar-refractivity contribution >= 4 is 27.7 Å². The fourth-order valence-corrected chi connectivity index (χ4v) is 4.60. The second kappa shape index (κ2) is 5.28. The summed E-state index contributed by atoms with van der Waals surface area (Å²) in [5, 5.41) is 0. The lowest BCUT2D eigenvalue weighted by atomic mass is 10.2. The first-order valence-corrected chi connectivity index (χ1v) is 8.96. The first kappa shape index (κ1) is 14.3. The molecule has 1 atom stereocenters. The van der Waals surface area contributed by atoms with Crippen molar-refractivity contribution in [1.82, 2.24) is 15.0 Å². The van der Waals surface area contributed by atoms with Crippen molar-refractivity contribution < 1.29 is 8.42 Å². The Kier molecular flexibility index (Phi) is 3.60. The maximum Gasteiger partial charge on any atom is 0.231 e. The van der Waals surface area contributed by atoms with Gasteiger partial charge in [-0.15, -0.1) is 0 Å². The molecular weight excluding hydrogens is 292 g/mol. The van der Waals surface area contributed by atoms with Gasteiger partial charge in [-0.05, 0) is 19.3 Å².